The first-order valence-corrected chi connectivity index (χ1v) is 8.54. The van der Waals surface area contributed by atoms with E-state index in [4.69, 9.17) is 0 Å². The van der Waals surface area contributed by atoms with Crippen molar-refractivity contribution in [2.45, 2.75) is 56.7 Å². The summed E-state index contributed by atoms with van der Waals surface area (Å²) >= 11 is 0. The molecule has 1 heterocycles. The summed E-state index contributed by atoms with van der Waals surface area (Å²) in [6.07, 6.45) is 7.76. The van der Waals surface area contributed by atoms with E-state index in [2.05, 4.69) is 10.6 Å². The average molecular weight is 274 g/mol. The Morgan fingerprint density at radius 3 is 2.89 bits per heavy atom. The normalized spacial score (nSPS) is 23.3. The van der Waals surface area contributed by atoms with Gasteiger partial charge in [-0.1, -0.05) is 13.3 Å². The van der Waals surface area contributed by atoms with Gasteiger partial charge in [0.15, 0.2) is 0 Å². The third-order valence-corrected chi connectivity index (χ3v) is 4.94. The number of nitrogens with one attached hydrogen (secondary N) is 2. The Labute approximate surface area is 113 Å². The van der Waals surface area contributed by atoms with Gasteiger partial charge in [0.2, 0.25) is 5.91 Å². The van der Waals surface area contributed by atoms with E-state index in [9.17, 15) is 9.00 Å². The second-order valence-corrected chi connectivity index (χ2v) is 6.94. The summed E-state index contributed by atoms with van der Waals surface area (Å²) < 4.78 is 11.1. The Balaban J connectivity index is 2.04. The first-order chi connectivity index (χ1) is 8.59. The van der Waals surface area contributed by atoms with Crippen molar-refractivity contribution in [1.29, 1.82) is 0 Å². The van der Waals surface area contributed by atoms with Gasteiger partial charge in [-0.15, -0.1) is 0 Å². The fraction of sp³-hybridized carbons (Fsp3) is 0.923. The number of hydrogen-bond acceptors (Lipinski definition) is 3. The molecule has 0 saturated carbocycles. The molecule has 3 unspecified atom stereocenters. The van der Waals surface area contributed by atoms with E-state index in [1.807, 2.05) is 6.92 Å². The lowest BCUT2D eigenvalue weighted by Gasteiger charge is -2.23. The van der Waals surface area contributed by atoms with Crippen molar-refractivity contribution in [1.82, 2.24) is 10.6 Å². The predicted molar refractivity (Wildman–Crippen MR) is 76.0 cm³/mol. The van der Waals surface area contributed by atoms with Crippen molar-refractivity contribution in [3.63, 3.8) is 0 Å². The lowest BCUT2D eigenvalue weighted by Crippen LogP contribution is -2.35. The Kier molecular flexibility index (Phi) is 7.51. The smallest absolute Gasteiger partial charge is 0.220 e. The minimum absolute atomic E-state index is 0.122. The Morgan fingerprint density at radius 1 is 1.50 bits per heavy atom. The molecular weight excluding hydrogens is 248 g/mol. The molecule has 0 aromatic carbocycles. The molecule has 0 aromatic rings. The zero-order valence-corrected chi connectivity index (χ0v) is 12.4. The molecule has 1 saturated heterocycles. The van der Waals surface area contributed by atoms with E-state index in [0.717, 1.165) is 19.4 Å². The van der Waals surface area contributed by atoms with E-state index in [1.165, 1.54) is 19.3 Å². The van der Waals surface area contributed by atoms with Crippen molar-refractivity contribution in [3.8, 4) is 0 Å². The number of piperidine rings is 1. The van der Waals surface area contributed by atoms with Gasteiger partial charge in [-0.25, -0.2) is 0 Å². The summed E-state index contributed by atoms with van der Waals surface area (Å²) in [4.78, 5) is 11.6. The Morgan fingerprint density at radius 2 is 2.28 bits per heavy atom. The second kappa shape index (κ2) is 8.64. The first kappa shape index (κ1) is 15.6. The van der Waals surface area contributed by atoms with Crippen molar-refractivity contribution in [3.05, 3.63) is 0 Å². The standard InChI is InChI=1S/C13H26N2O2S/c1-11(18(2)17)8-10-15-13(16)7-6-12-5-3-4-9-14-12/h11-12,14H,3-10H2,1-2H3,(H,15,16). The van der Waals surface area contributed by atoms with Crippen LogP contribution in [0, 0.1) is 0 Å². The van der Waals surface area contributed by atoms with Gasteiger partial charge in [0.25, 0.3) is 0 Å². The molecule has 0 aromatic heterocycles. The average Bonchev–Trinajstić information content (AvgIpc) is 2.37. The highest BCUT2D eigenvalue weighted by Crippen LogP contribution is 2.11. The second-order valence-electron chi connectivity index (χ2n) is 5.13. The van der Waals surface area contributed by atoms with Crippen molar-refractivity contribution in [2.24, 2.45) is 0 Å². The molecule has 1 rings (SSSR count). The van der Waals surface area contributed by atoms with Crippen LogP contribution in [0.4, 0.5) is 0 Å². The minimum atomic E-state index is -0.794. The number of rotatable bonds is 7. The molecule has 5 heteroatoms. The van der Waals surface area contributed by atoms with E-state index < -0.39 is 10.8 Å². The number of amides is 1. The summed E-state index contributed by atoms with van der Waals surface area (Å²) in [5.41, 5.74) is 0. The van der Waals surface area contributed by atoms with Gasteiger partial charge in [-0.3, -0.25) is 9.00 Å². The van der Waals surface area contributed by atoms with E-state index in [1.54, 1.807) is 6.26 Å². The van der Waals surface area contributed by atoms with Crippen molar-refractivity contribution < 1.29 is 9.00 Å². The fourth-order valence-electron chi connectivity index (χ4n) is 2.14. The molecule has 106 valence electrons. The van der Waals surface area contributed by atoms with Crippen LogP contribution in [-0.4, -0.2) is 40.8 Å². The van der Waals surface area contributed by atoms with E-state index in [0.29, 0.717) is 19.0 Å². The highest BCUT2D eigenvalue weighted by molar-refractivity contribution is 7.84. The maximum Gasteiger partial charge on any atom is 0.220 e. The van der Waals surface area contributed by atoms with Crippen LogP contribution in [0.3, 0.4) is 0 Å². The predicted octanol–water partition coefficient (Wildman–Crippen LogP) is 1.18. The lowest BCUT2D eigenvalue weighted by atomic mass is 10.0. The molecular formula is C13H26N2O2S. The van der Waals surface area contributed by atoms with Crippen LogP contribution < -0.4 is 10.6 Å². The molecule has 1 amide bonds. The van der Waals surface area contributed by atoms with Gasteiger partial charge in [0.05, 0.1) is 0 Å². The summed E-state index contributed by atoms with van der Waals surface area (Å²) in [7, 11) is -0.794. The number of carbonyl (C=O) groups excluding carboxylic acids is 1. The van der Waals surface area contributed by atoms with Gasteiger partial charge < -0.3 is 10.6 Å². The minimum Gasteiger partial charge on any atom is -0.356 e. The van der Waals surface area contributed by atoms with Gasteiger partial charge in [0.1, 0.15) is 0 Å². The summed E-state index contributed by atoms with van der Waals surface area (Å²) in [6, 6.07) is 0.520. The van der Waals surface area contributed by atoms with Gasteiger partial charge in [-0.05, 0) is 32.2 Å². The van der Waals surface area contributed by atoms with Gasteiger partial charge >= 0.3 is 0 Å². The summed E-state index contributed by atoms with van der Waals surface area (Å²) in [5, 5.41) is 6.51. The zero-order chi connectivity index (χ0) is 13.4. The molecule has 1 aliphatic rings. The van der Waals surface area contributed by atoms with Crippen molar-refractivity contribution in [2.75, 3.05) is 19.3 Å². The van der Waals surface area contributed by atoms with Crippen LogP contribution in [-0.2, 0) is 15.6 Å². The third-order valence-electron chi connectivity index (χ3n) is 3.57. The highest BCUT2D eigenvalue weighted by Gasteiger charge is 2.14. The molecule has 0 spiro atoms. The molecule has 18 heavy (non-hydrogen) atoms. The van der Waals surface area contributed by atoms with Crippen LogP contribution in [0.25, 0.3) is 0 Å². The molecule has 3 atom stereocenters. The third kappa shape index (κ3) is 6.50. The van der Waals surface area contributed by atoms with Crippen LogP contribution >= 0.6 is 0 Å². The summed E-state index contributed by atoms with van der Waals surface area (Å²) in [6.45, 7) is 3.68. The Bertz CT molecular complexity index is 278. The maximum atomic E-state index is 11.6. The van der Waals surface area contributed by atoms with Crippen LogP contribution in [0.5, 0.6) is 0 Å². The van der Waals surface area contributed by atoms with E-state index in [-0.39, 0.29) is 11.2 Å². The maximum absolute atomic E-state index is 11.6. The SMILES string of the molecule is CC(CCNC(=O)CCC1CCCCN1)S(C)=O. The van der Waals surface area contributed by atoms with Crippen LogP contribution in [0.15, 0.2) is 0 Å². The number of hydrogen-bond donors (Lipinski definition) is 2. The molecule has 0 bridgehead atoms. The quantitative estimate of drug-likeness (QED) is 0.733. The number of carbonyl (C=O) groups is 1. The zero-order valence-electron chi connectivity index (χ0n) is 11.5. The first-order valence-electron chi connectivity index (χ1n) is 6.92. The summed E-state index contributed by atoms with van der Waals surface area (Å²) in [5.74, 6) is 0.122. The molecule has 2 N–H and O–H groups in total. The lowest BCUT2D eigenvalue weighted by molar-refractivity contribution is -0.121. The topological polar surface area (TPSA) is 58.2 Å². The molecule has 0 radical (unpaired) electrons. The van der Waals surface area contributed by atoms with Crippen LogP contribution in [0.2, 0.25) is 0 Å². The highest BCUT2D eigenvalue weighted by atomic mass is 32.2. The van der Waals surface area contributed by atoms with Crippen molar-refractivity contribution >= 4 is 16.7 Å². The Hall–Kier alpha value is -0.420. The van der Waals surface area contributed by atoms with Gasteiger partial charge in [-0.2, -0.15) is 0 Å². The van der Waals surface area contributed by atoms with E-state index >= 15 is 0 Å². The molecule has 1 aliphatic heterocycles. The monoisotopic (exact) mass is 274 g/mol. The molecule has 4 nitrogen and oxygen atoms in total. The molecule has 0 aliphatic carbocycles. The largest absolute Gasteiger partial charge is 0.356 e. The fourth-order valence-corrected chi connectivity index (χ4v) is 2.59. The molecule has 1 fully saturated rings. The van der Waals surface area contributed by atoms with Crippen LogP contribution in [0.1, 0.15) is 45.4 Å². The van der Waals surface area contributed by atoms with Gasteiger partial charge in [0, 0.05) is 41.3 Å².